The Hall–Kier alpha value is -1.79. The number of halogens is 3. The normalized spacial score (nSPS) is 12.3. The van der Waals surface area contributed by atoms with Crippen LogP contribution in [0, 0.1) is 6.92 Å². The van der Waals surface area contributed by atoms with E-state index in [0.717, 1.165) is 17.9 Å². The number of rotatable bonds is 0. The number of pyridine rings is 1. The van der Waals surface area contributed by atoms with Gasteiger partial charge in [-0.05, 0) is 6.92 Å². The zero-order valence-corrected chi connectivity index (χ0v) is 8.42. The van der Waals surface area contributed by atoms with Crippen LogP contribution in [0.25, 0.3) is 11.2 Å². The number of hydrogen-bond donors (Lipinski definition) is 0. The van der Waals surface area contributed by atoms with E-state index in [1.807, 2.05) is 0 Å². The fourth-order valence-corrected chi connectivity index (χ4v) is 1.62. The van der Waals surface area contributed by atoms with Gasteiger partial charge in [0.25, 0.3) is 5.56 Å². The van der Waals surface area contributed by atoms with Gasteiger partial charge in [-0.1, -0.05) is 0 Å². The van der Waals surface area contributed by atoms with Crippen molar-refractivity contribution in [1.82, 2.24) is 9.55 Å². The van der Waals surface area contributed by atoms with Gasteiger partial charge in [0.05, 0.1) is 5.56 Å². The molecule has 0 radical (unpaired) electrons. The number of oxazole rings is 1. The molecule has 0 aliphatic carbocycles. The summed E-state index contributed by atoms with van der Waals surface area (Å²) in [7, 11) is 1.34. The van der Waals surface area contributed by atoms with Crippen molar-refractivity contribution in [3.8, 4) is 0 Å². The van der Waals surface area contributed by atoms with Gasteiger partial charge in [-0.15, -0.1) is 0 Å². The molecule has 2 aromatic heterocycles. The first kappa shape index (κ1) is 10.7. The average molecular weight is 232 g/mol. The molecule has 0 unspecified atom stereocenters. The van der Waals surface area contributed by atoms with Crippen molar-refractivity contribution in [2.45, 2.75) is 13.1 Å². The van der Waals surface area contributed by atoms with Crippen LogP contribution in [0.1, 0.15) is 11.1 Å². The molecule has 0 atom stereocenters. The highest BCUT2D eigenvalue weighted by atomic mass is 19.4. The Morgan fingerprint density at radius 2 is 2.06 bits per heavy atom. The lowest BCUT2D eigenvalue weighted by molar-refractivity contribution is -0.137. The predicted molar refractivity (Wildman–Crippen MR) is 49.0 cm³/mol. The van der Waals surface area contributed by atoms with Gasteiger partial charge >= 0.3 is 6.18 Å². The topological polar surface area (TPSA) is 48.0 Å². The summed E-state index contributed by atoms with van der Waals surface area (Å²) in [6.07, 6.45) is -3.73. The summed E-state index contributed by atoms with van der Waals surface area (Å²) in [5.74, 6) is 0. The maximum absolute atomic E-state index is 12.7. The van der Waals surface area contributed by atoms with E-state index in [2.05, 4.69) is 4.98 Å². The molecule has 2 heterocycles. The largest absolute Gasteiger partial charge is 0.427 e. The molecule has 0 spiro atoms. The van der Waals surface area contributed by atoms with Crippen LogP contribution in [0.5, 0.6) is 0 Å². The zero-order valence-electron chi connectivity index (χ0n) is 8.42. The van der Waals surface area contributed by atoms with Crippen molar-refractivity contribution in [3.05, 3.63) is 27.9 Å². The Balaban J connectivity index is 3.03. The second-order valence-corrected chi connectivity index (χ2v) is 3.37. The van der Waals surface area contributed by atoms with E-state index in [9.17, 15) is 18.0 Å². The van der Waals surface area contributed by atoms with E-state index < -0.39 is 17.3 Å². The first-order valence-electron chi connectivity index (χ1n) is 4.34. The molecule has 0 N–H and O–H groups in total. The maximum Gasteiger partial charge on any atom is 0.419 e. The molecule has 0 amide bonds. The Morgan fingerprint density at radius 1 is 1.44 bits per heavy atom. The lowest BCUT2D eigenvalue weighted by Crippen LogP contribution is -2.24. The summed E-state index contributed by atoms with van der Waals surface area (Å²) in [5, 5.41) is 0. The molecule has 0 aliphatic heterocycles. The Kier molecular flexibility index (Phi) is 2.08. The summed E-state index contributed by atoms with van der Waals surface area (Å²) < 4.78 is 44.0. The van der Waals surface area contributed by atoms with Crippen molar-refractivity contribution < 1.29 is 17.6 Å². The quantitative estimate of drug-likeness (QED) is 0.696. The minimum Gasteiger partial charge on any atom is -0.427 e. The maximum atomic E-state index is 12.7. The molecule has 0 saturated heterocycles. The van der Waals surface area contributed by atoms with Gasteiger partial charge in [0.1, 0.15) is 5.52 Å². The molecule has 16 heavy (non-hydrogen) atoms. The summed E-state index contributed by atoms with van der Waals surface area (Å²) in [5.41, 5.74) is -2.66. The van der Waals surface area contributed by atoms with Crippen molar-refractivity contribution in [1.29, 1.82) is 0 Å². The molecule has 86 valence electrons. The van der Waals surface area contributed by atoms with Crippen LogP contribution >= 0.6 is 0 Å². The smallest absolute Gasteiger partial charge is 0.419 e. The molecular weight excluding hydrogens is 225 g/mol. The van der Waals surface area contributed by atoms with Gasteiger partial charge in [-0.25, -0.2) is 4.98 Å². The van der Waals surface area contributed by atoms with E-state index >= 15 is 0 Å². The molecule has 2 rings (SSSR count). The number of alkyl halides is 3. The number of fused-ring (bicyclic) bond motifs is 1. The fourth-order valence-electron chi connectivity index (χ4n) is 1.62. The van der Waals surface area contributed by atoms with Crippen molar-refractivity contribution in [2.24, 2.45) is 7.05 Å². The lowest BCUT2D eigenvalue weighted by Gasteiger charge is -2.11. The average Bonchev–Trinajstić information content (AvgIpc) is 2.61. The van der Waals surface area contributed by atoms with Gasteiger partial charge in [-0.3, -0.25) is 9.36 Å². The van der Waals surface area contributed by atoms with Gasteiger partial charge in [0, 0.05) is 12.6 Å². The van der Waals surface area contributed by atoms with E-state index in [0.29, 0.717) is 0 Å². The predicted octanol–water partition coefficient (Wildman–Crippen LogP) is 1.85. The van der Waals surface area contributed by atoms with Gasteiger partial charge in [-0.2, -0.15) is 13.2 Å². The van der Waals surface area contributed by atoms with Crippen LogP contribution in [0.15, 0.2) is 15.6 Å². The lowest BCUT2D eigenvalue weighted by atomic mass is 10.1. The highest BCUT2D eigenvalue weighted by Crippen LogP contribution is 2.34. The Bertz CT molecular complexity index is 609. The van der Waals surface area contributed by atoms with Crippen LogP contribution in [0.3, 0.4) is 0 Å². The van der Waals surface area contributed by atoms with E-state index in [1.165, 1.54) is 7.05 Å². The molecular formula is C9H7F3N2O2. The van der Waals surface area contributed by atoms with Gasteiger partial charge < -0.3 is 4.42 Å². The van der Waals surface area contributed by atoms with E-state index in [-0.39, 0.29) is 16.8 Å². The van der Waals surface area contributed by atoms with E-state index in [4.69, 9.17) is 4.42 Å². The first-order valence-corrected chi connectivity index (χ1v) is 4.34. The summed E-state index contributed by atoms with van der Waals surface area (Å²) >= 11 is 0. The van der Waals surface area contributed by atoms with Crippen LogP contribution in [-0.4, -0.2) is 9.55 Å². The second-order valence-electron chi connectivity index (χ2n) is 3.37. The number of nitrogens with zero attached hydrogens (tertiary/aromatic N) is 2. The third-order valence-electron chi connectivity index (χ3n) is 2.37. The first-order chi connectivity index (χ1) is 7.34. The Labute approximate surface area is 87.3 Å². The summed E-state index contributed by atoms with van der Waals surface area (Å²) in [4.78, 5) is 15.0. The fraction of sp³-hybridized carbons (Fsp3) is 0.333. The molecule has 0 aromatic carbocycles. The number of aryl methyl sites for hydroxylation is 1. The Morgan fingerprint density at radius 3 is 2.62 bits per heavy atom. The third kappa shape index (κ3) is 1.31. The molecule has 0 bridgehead atoms. The van der Waals surface area contributed by atoms with Crippen LogP contribution in [0.4, 0.5) is 13.2 Å². The molecule has 7 heteroatoms. The highest BCUT2D eigenvalue weighted by Gasteiger charge is 2.37. The number of hydrogen-bond acceptors (Lipinski definition) is 3. The SMILES string of the molecule is Cc1c(C(F)(F)F)c2ncoc2n(C)c1=O. The highest BCUT2D eigenvalue weighted by molar-refractivity contribution is 5.74. The molecule has 0 saturated carbocycles. The van der Waals surface area contributed by atoms with Gasteiger partial charge in [0.2, 0.25) is 5.71 Å². The standard InChI is InChI=1S/C9H7F3N2O2/c1-4-5(9(10,11)12)6-8(16-3-13-6)14(2)7(4)15/h3H,1-2H3. The summed E-state index contributed by atoms with van der Waals surface area (Å²) in [6, 6.07) is 0. The molecule has 2 aromatic rings. The molecule has 0 fully saturated rings. The molecule has 0 aliphatic rings. The van der Waals surface area contributed by atoms with Crippen molar-refractivity contribution in [2.75, 3.05) is 0 Å². The van der Waals surface area contributed by atoms with Crippen molar-refractivity contribution in [3.63, 3.8) is 0 Å². The molecule has 4 nitrogen and oxygen atoms in total. The minimum atomic E-state index is -4.62. The minimum absolute atomic E-state index is 0.178. The number of aromatic nitrogens is 2. The second kappa shape index (κ2) is 3.10. The van der Waals surface area contributed by atoms with Crippen LogP contribution in [0.2, 0.25) is 0 Å². The van der Waals surface area contributed by atoms with Crippen molar-refractivity contribution >= 4 is 11.2 Å². The monoisotopic (exact) mass is 232 g/mol. The van der Waals surface area contributed by atoms with Crippen LogP contribution < -0.4 is 5.56 Å². The summed E-state index contributed by atoms with van der Waals surface area (Å²) in [6.45, 7) is 1.12. The van der Waals surface area contributed by atoms with Gasteiger partial charge in [0.15, 0.2) is 6.39 Å². The van der Waals surface area contributed by atoms with Crippen LogP contribution in [-0.2, 0) is 13.2 Å². The third-order valence-corrected chi connectivity index (χ3v) is 2.37. The zero-order chi connectivity index (χ0) is 12.1. The van der Waals surface area contributed by atoms with E-state index in [1.54, 1.807) is 0 Å².